The first-order valence-corrected chi connectivity index (χ1v) is 9.25. The summed E-state index contributed by atoms with van der Waals surface area (Å²) >= 11 is 0. The lowest BCUT2D eigenvalue weighted by atomic mass is 10.0. The van der Waals surface area contributed by atoms with Gasteiger partial charge < -0.3 is 25.7 Å². The number of likely N-dealkylation sites (tertiary alicyclic amines) is 1. The van der Waals surface area contributed by atoms with Gasteiger partial charge in [0, 0.05) is 25.7 Å². The zero-order chi connectivity index (χ0) is 18.1. The van der Waals surface area contributed by atoms with Crippen LogP contribution in [0.15, 0.2) is 21.5 Å². The number of nitrogens with one attached hydrogen (secondary N) is 2. The fourth-order valence-corrected chi connectivity index (χ4v) is 3.07. The van der Waals surface area contributed by atoms with Crippen LogP contribution in [0.3, 0.4) is 0 Å². The first-order chi connectivity index (χ1) is 12.1. The molecule has 1 aliphatic heterocycles. The number of nitrogens with two attached hydrogens (primary N) is 1. The van der Waals surface area contributed by atoms with Crippen LogP contribution in [0.2, 0.25) is 0 Å². The SMILES string of the molecule is CCNC(=NCc1ccc(C(N)=O)o1)NCCCN1CCCCC1C. The highest BCUT2D eigenvalue weighted by atomic mass is 16.3. The van der Waals surface area contributed by atoms with Gasteiger partial charge in [-0.05, 0) is 51.8 Å². The summed E-state index contributed by atoms with van der Waals surface area (Å²) in [6, 6.07) is 4.01. The molecule has 1 aromatic rings. The van der Waals surface area contributed by atoms with Crippen LogP contribution in [0.5, 0.6) is 0 Å². The molecule has 4 N–H and O–H groups in total. The summed E-state index contributed by atoms with van der Waals surface area (Å²) in [5.74, 6) is 0.977. The standard InChI is InChI=1S/C18H31N5O2/c1-3-20-18(22-13-15-8-9-16(25-15)17(19)24)21-10-6-12-23-11-5-4-7-14(23)2/h8-9,14H,3-7,10-13H2,1-2H3,(H2,19,24)(H2,20,21,22). The van der Waals surface area contributed by atoms with Crippen LogP contribution in [0, 0.1) is 0 Å². The molecule has 2 rings (SSSR count). The van der Waals surface area contributed by atoms with Crippen LogP contribution in [0.25, 0.3) is 0 Å². The van der Waals surface area contributed by atoms with Crippen molar-refractivity contribution in [2.75, 3.05) is 26.2 Å². The topological polar surface area (TPSA) is 95.9 Å². The molecule has 7 nitrogen and oxygen atoms in total. The zero-order valence-corrected chi connectivity index (χ0v) is 15.4. The molecule has 1 aromatic heterocycles. The second-order valence-corrected chi connectivity index (χ2v) is 6.49. The Bertz CT molecular complexity index is 570. The van der Waals surface area contributed by atoms with Crippen molar-refractivity contribution >= 4 is 11.9 Å². The predicted octanol–water partition coefficient (Wildman–Crippen LogP) is 1.70. The number of amides is 1. The molecule has 140 valence electrons. The molecule has 1 aliphatic rings. The molecular weight excluding hydrogens is 318 g/mol. The largest absolute Gasteiger partial charge is 0.454 e. The molecule has 0 saturated carbocycles. The summed E-state index contributed by atoms with van der Waals surface area (Å²) in [5, 5.41) is 6.58. The van der Waals surface area contributed by atoms with Gasteiger partial charge in [-0.1, -0.05) is 6.42 Å². The number of rotatable bonds is 8. The summed E-state index contributed by atoms with van der Waals surface area (Å²) in [4.78, 5) is 18.1. The van der Waals surface area contributed by atoms with Crippen LogP contribution in [0.1, 0.15) is 55.8 Å². The van der Waals surface area contributed by atoms with Crippen molar-refractivity contribution in [1.82, 2.24) is 15.5 Å². The maximum Gasteiger partial charge on any atom is 0.284 e. The fraction of sp³-hybridized carbons (Fsp3) is 0.667. The number of guanidine groups is 1. The highest BCUT2D eigenvalue weighted by Gasteiger charge is 2.17. The summed E-state index contributed by atoms with van der Waals surface area (Å²) in [6.07, 6.45) is 5.07. The number of primary amides is 1. The van der Waals surface area contributed by atoms with Crippen molar-refractivity contribution in [2.24, 2.45) is 10.7 Å². The monoisotopic (exact) mass is 349 g/mol. The Hall–Kier alpha value is -2.02. The Morgan fingerprint density at radius 3 is 2.92 bits per heavy atom. The lowest BCUT2D eigenvalue weighted by Crippen LogP contribution is -2.41. The lowest BCUT2D eigenvalue weighted by Gasteiger charge is -2.33. The molecule has 1 fully saturated rings. The number of hydrogen-bond acceptors (Lipinski definition) is 4. The number of hydrogen-bond donors (Lipinski definition) is 3. The maximum atomic E-state index is 11.0. The van der Waals surface area contributed by atoms with E-state index in [1.807, 2.05) is 6.92 Å². The van der Waals surface area contributed by atoms with E-state index in [0.29, 0.717) is 18.3 Å². The van der Waals surface area contributed by atoms with E-state index in [9.17, 15) is 4.79 Å². The predicted molar refractivity (Wildman–Crippen MR) is 99.5 cm³/mol. The third-order valence-electron chi connectivity index (χ3n) is 4.50. The molecule has 0 spiro atoms. The number of carbonyl (C=O) groups excluding carboxylic acids is 1. The molecule has 25 heavy (non-hydrogen) atoms. The summed E-state index contributed by atoms with van der Waals surface area (Å²) in [6.45, 7) is 8.72. The molecule has 2 heterocycles. The molecule has 0 bridgehead atoms. The molecule has 7 heteroatoms. The lowest BCUT2D eigenvalue weighted by molar-refractivity contribution is 0.0972. The molecule has 1 amide bonds. The molecule has 1 saturated heterocycles. The summed E-state index contributed by atoms with van der Waals surface area (Å²) in [5.41, 5.74) is 5.19. The molecule has 1 unspecified atom stereocenters. The first-order valence-electron chi connectivity index (χ1n) is 9.25. The van der Waals surface area contributed by atoms with Gasteiger partial charge in [0.05, 0.1) is 0 Å². The van der Waals surface area contributed by atoms with Gasteiger partial charge in [0.1, 0.15) is 12.3 Å². The number of aliphatic imine (C=N–C) groups is 1. The van der Waals surface area contributed by atoms with E-state index in [4.69, 9.17) is 10.2 Å². The van der Waals surface area contributed by atoms with E-state index >= 15 is 0 Å². The average Bonchev–Trinajstić information content (AvgIpc) is 3.07. The van der Waals surface area contributed by atoms with Gasteiger partial charge in [-0.3, -0.25) is 4.79 Å². The Morgan fingerprint density at radius 1 is 1.40 bits per heavy atom. The van der Waals surface area contributed by atoms with Crippen molar-refractivity contribution < 1.29 is 9.21 Å². The first kappa shape index (κ1) is 19.3. The van der Waals surface area contributed by atoms with Crippen LogP contribution in [-0.4, -0.2) is 49.0 Å². The van der Waals surface area contributed by atoms with Crippen LogP contribution >= 0.6 is 0 Å². The number of carbonyl (C=O) groups is 1. The van der Waals surface area contributed by atoms with E-state index in [0.717, 1.165) is 32.0 Å². The molecular formula is C18H31N5O2. The third kappa shape index (κ3) is 6.42. The van der Waals surface area contributed by atoms with E-state index in [-0.39, 0.29) is 5.76 Å². The molecule has 1 atom stereocenters. The van der Waals surface area contributed by atoms with Gasteiger partial charge in [-0.15, -0.1) is 0 Å². The highest BCUT2D eigenvalue weighted by molar-refractivity contribution is 5.89. The smallest absolute Gasteiger partial charge is 0.284 e. The minimum Gasteiger partial charge on any atom is -0.454 e. The molecule has 0 aliphatic carbocycles. The van der Waals surface area contributed by atoms with E-state index in [1.54, 1.807) is 12.1 Å². The second kappa shape index (κ2) is 10.1. The van der Waals surface area contributed by atoms with Crippen LogP contribution < -0.4 is 16.4 Å². The van der Waals surface area contributed by atoms with Crippen LogP contribution in [0.4, 0.5) is 0 Å². The van der Waals surface area contributed by atoms with Gasteiger partial charge >= 0.3 is 0 Å². The highest BCUT2D eigenvalue weighted by Crippen LogP contribution is 2.16. The van der Waals surface area contributed by atoms with Crippen molar-refractivity contribution in [3.8, 4) is 0 Å². The summed E-state index contributed by atoms with van der Waals surface area (Å²) < 4.78 is 5.35. The zero-order valence-electron chi connectivity index (χ0n) is 15.4. The Labute approximate surface area is 150 Å². The average molecular weight is 349 g/mol. The van der Waals surface area contributed by atoms with Gasteiger partial charge in [0.15, 0.2) is 11.7 Å². The number of nitrogens with zero attached hydrogens (tertiary/aromatic N) is 2. The summed E-state index contributed by atoms with van der Waals surface area (Å²) in [7, 11) is 0. The van der Waals surface area contributed by atoms with E-state index in [2.05, 4.69) is 27.4 Å². The van der Waals surface area contributed by atoms with Gasteiger partial charge in [-0.2, -0.15) is 0 Å². The van der Waals surface area contributed by atoms with E-state index in [1.165, 1.54) is 25.8 Å². The van der Waals surface area contributed by atoms with Gasteiger partial charge in [-0.25, -0.2) is 4.99 Å². The maximum absolute atomic E-state index is 11.0. The van der Waals surface area contributed by atoms with E-state index < -0.39 is 5.91 Å². The molecule has 0 radical (unpaired) electrons. The Balaban J connectivity index is 1.75. The quantitative estimate of drug-likeness (QED) is 0.377. The normalized spacial score (nSPS) is 19.0. The van der Waals surface area contributed by atoms with Crippen molar-refractivity contribution in [2.45, 2.75) is 52.1 Å². The van der Waals surface area contributed by atoms with Crippen molar-refractivity contribution in [1.29, 1.82) is 0 Å². The van der Waals surface area contributed by atoms with Crippen molar-refractivity contribution in [3.05, 3.63) is 23.7 Å². The minimum atomic E-state index is -0.563. The third-order valence-corrected chi connectivity index (χ3v) is 4.50. The Morgan fingerprint density at radius 2 is 2.24 bits per heavy atom. The Kier molecular flexibility index (Phi) is 7.78. The van der Waals surface area contributed by atoms with Gasteiger partial charge in [0.2, 0.25) is 0 Å². The van der Waals surface area contributed by atoms with Crippen molar-refractivity contribution in [3.63, 3.8) is 0 Å². The fourth-order valence-electron chi connectivity index (χ4n) is 3.07. The van der Waals surface area contributed by atoms with Gasteiger partial charge in [0.25, 0.3) is 5.91 Å². The molecule has 0 aromatic carbocycles. The second-order valence-electron chi connectivity index (χ2n) is 6.49. The van der Waals surface area contributed by atoms with Crippen LogP contribution in [-0.2, 0) is 6.54 Å². The minimum absolute atomic E-state index is 0.166. The number of furan rings is 1. The number of piperidine rings is 1.